The molecule has 0 aliphatic carbocycles. The Morgan fingerprint density at radius 1 is 1.12 bits per heavy atom. The maximum Gasteiger partial charge on any atom is 0.106 e. The normalized spacial score (nSPS) is 16.3. The SMILES string of the molecule is Cc1nc2ccccc2n1CCN(CCO)CCN1CCOCC1. The van der Waals surface area contributed by atoms with Gasteiger partial charge in [0.05, 0.1) is 30.9 Å². The topological polar surface area (TPSA) is 53.8 Å². The molecule has 1 aromatic carbocycles. The average molecular weight is 332 g/mol. The van der Waals surface area contributed by atoms with Gasteiger partial charge in [-0.15, -0.1) is 0 Å². The zero-order valence-corrected chi connectivity index (χ0v) is 14.5. The molecule has 1 aromatic heterocycles. The summed E-state index contributed by atoms with van der Waals surface area (Å²) in [6.07, 6.45) is 0. The van der Waals surface area contributed by atoms with E-state index >= 15 is 0 Å². The molecule has 6 nitrogen and oxygen atoms in total. The maximum atomic E-state index is 9.36. The van der Waals surface area contributed by atoms with Gasteiger partial charge in [-0.3, -0.25) is 9.80 Å². The number of para-hydroxylation sites is 2. The minimum absolute atomic E-state index is 0.201. The van der Waals surface area contributed by atoms with Gasteiger partial charge in [0, 0.05) is 45.8 Å². The molecule has 2 aromatic rings. The van der Waals surface area contributed by atoms with Crippen LogP contribution < -0.4 is 0 Å². The molecule has 0 radical (unpaired) electrons. The van der Waals surface area contributed by atoms with Crippen LogP contribution in [0.4, 0.5) is 0 Å². The minimum Gasteiger partial charge on any atom is -0.395 e. The van der Waals surface area contributed by atoms with E-state index < -0.39 is 0 Å². The van der Waals surface area contributed by atoms with Crippen molar-refractivity contribution in [3.05, 3.63) is 30.1 Å². The zero-order valence-electron chi connectivity index (χ0n) is 14.5. The lowest BCUT2D eigenvalue weighted by atomic mass is 10.3. The van der Waals surface area contributed by atoms with Crippen LogP contribution in [0.2, 0.25) is 0 Å². The number of aryl methyl sites for hydroxylation is 1. The summed E-state index contributed by atoms with van der Waals surface area (Å²) in [5, 5.41) is 9.36. The van der Waals surface area contributed by atoms with Gasteiger partial charge in [0.2, 0.25) is 0 Å². The third kappa shape index (κ3) is 4.33. The highest BCUT2D eigenvalue weighted by molar-refractivity contribution is 5.75. The molecule has 0 bridgehead atoms. The lowest BCUT2D eigenvalue weighted by Crippen LogP contribution is -2.42. The van der Waals surface area contributed by atoms with Crippen molar-refractivity contribution in [2.75, 3.05) is 59.1 Å². The first-order valence-electron chi connectivity index (χ1n) is 8.83. The highest BCUT2D eigenvalue weighted by Gasteiger charge is 2.13. The number of imidazole rings is 1. The number of benzene rings is 1. The van der Waals surface area contributed by atoms with Crippen LogP contribution in [-0.2, 0) is 11.3 Å². The predicted octanol–water partition coefficient (Wildman–Crippen LogP) is 0.971. The molecule has 0 spiro atoms. The Bertz CT molecular complexity index is 637. The molecule has 1 aliphatic rings. The fourth-order valence-corrected chi connectivity index (χ4v) is 3.30. The summed E-state index contributed by atoms with van der Waals surface area (Å²) in [5.74, 6) is 1.05. The van der Waals surface area contributed by atoms with Gasteiger partial charge in [-0.1, -0.05) is 12.1 Å². The Balaban J connectivity index is 1.57. The number of rotatable bonds is 8. The average Bonchev–Trinajstić information content (AvgIpc) is 2.93. The summed E-state index contributed by atoms with van der Waals surface area (Å²) in [5.41, 5.74) is 2.24. The summed E-state index contributed by atoms with van der Waals surface area (Å²) in [6.45, 7) is 10.5. The summed E-state index contributed by atoms with van der Waals surface area (Å²) < 4.78 is 7.67. The van der Waals surface area contributed by atoms with E-state index in [2.05, 4.69) is 44.5 Å². The van der Waals surface area contributed by atoms with Gasteiger partial charge in [-0.2, -0.15) is 0 Å². The largest absolute Gasteiger partial charge is 0.395 e. The van der Waals surface area contributed by atoms with Crippen LogP contribution in [0.1, 0.15) is 5.82 Å². The van der Waals surface area contributed by atoms with Crippen LogP contribution in [0.5, 0.6) is 0 Å². The Kier molecular flexibility index (Phi) is 6.20. The summed E-state index contributed by atoms with van der Waals surface area (Å²) in [4.78, 5) is 9.40. The maximum absolute atomic E-state index is 9.36. The van der Waals surface area contributed by atoms with Crippen LogP contribution >= 0.6 is 0 Å². The molecule has 0 saturated carbocycles. The summed E-state index contributed by atoms with van der Waals surface area (Å²) in [7, 11) is 0. The molecule has 6 heteroatoms. The van der Waals surface area contributed by atoms with Gasteiger partial charge in [0.25, 0.3) is 0 Å². The van der Waals surface area contributed by atoms with Gasteiger partial charge in [-0.25, -0.2) is 4.98 Å². The lowest BCUT2D eigenvalue weighted by molar-refractivity contribution is 0.0323. The van der Waals surface area contributed by atoms with Crippen molar-refractivity contribution in [2.24, 2.45) is 0 Å². The van der Waals surface area contributed by atoms with Gasteiger partial charge < -0.3 is 14.4 Å². The van der Waals surface area contributed by atoms with Gasteiger partial charge in [0.15, 0.2) is 0 Å². The predicted molar refractivity (Wildman–Crippen MR) is 95.3 cm³/mol. The van der Waals surface area contributed by atoms with Crippen molar-refractivity contribution < 1.29 is 9.84 Å². The van der Waals surface area contributed by atoms with E-state index in [0.29, 0.717) is 0 Å². The number of fused-ring (bicyclic) bond motifs is 1. The first-order valence-corrected chi connectivity index (χ1v) is 8.83. The third-order valence-electron chi connectivity index (χ3n) is 4.74. The van der Waals surface area contributed by atoms with Crippen molar-refractivity contribution in [1.82, 2.24) is 19.4 Å². The Labute approximate surface area is 143 Å². The minimum atomic E-state index is 0.201. The monoisotopic (exact) mass is 332 g/mol. The second kappa shape index (κ2) is 8.58. The Morgan fingerprint density at radius 3 is 2.67 bits per heavy atom. The molecule has 3 rings (SSSR count). The van der Waals surface area contributed by atoms with E-state index in [0.717, 1.165) is 70.4 Å². The molecule has 1 saturated heterocycles. The third-order valence-corrected chi connectivity index (χ3v) is 4.74. The number of hydrogen-bond donors (Lipinski definition) is 1. The van der Waals surface area contributed by atoms with Gasteiger partial charge in [-0.05, 0) is 19.1 Å². The number of morpholine rings is 1. The Morgan fingerprint density at radius 2 is 1.88 bits per heavy atom. The second-order valence-corrected chi connectivity index (χ2v) is 6.32. The molecule has 1 N–H and O–H groups in total. The summed E-state index contributed by atoms with van der Waals surface area (Å²) in [6, 6.07) is 8.27. The van der Waals surface area contributed by atoms with Gasteiger partial charge >= 0.3 is 0 Å². The summed E-state index contributed by atoms with van der Waals surface area (Å²) >= 11 is 0. The van der Waals surface area contributed by atoms with E-state index in [9.17, 15) is 5.11 Å². The Hall–Kier alpha value is -1.47. The van der Waals surface area contributed by atoms with Crippen molar-refractivity contribution >= 4 is 11.0 Å². The van der Waals surface area contributed by atoms with Crippen molar-refractivity contribution in [1.29, 1.82) is 0 Å². The van der Waals surface area contributed by atoms with E-state index in [1.807, 2.05) is 6.07 Å². The molecule has 0 amide bonds. The molecular weight excluding hydrogens is 304 g/mol. The van der Waals surface area contributed by atoms with Crippen LogP contribution in [0.3, 0.4) is 0 Å². The van der Waals surface area contributed by atoms with Crippen LogP contribution in [0, 0.1) is 6.92 Å². The number of aliphatic hydroxyl groups excluding tert-OH is 1. The molecule has 132 valence electrons. The highest BCUT2D eigenvalue weighted by Crippen LogP contribution is 2.15. The molecular formula is C18H28N4O2. The number of ether oxygens (including phenoxy) is 1. The molecule has 2 heterocycles. The van der Waals surface area contributed by atoms with Crippen molar-refractivity contribution in [3.8, 4) is 0 Å². The first kappa shape index (κ1) is 17.4. The molecule has 1 aliphatic heterocycles. The zero-order chi connectivity index (χ0) is 16.8. The quantitative estimate of drug-likeness (QED) is 0.781. The van der Waals surface area contributed by atoms with E-state index in [-0.39, 0.29) is 6.61 Å². The first-order chi connectivity index (χ1) is 11.8. The molecule has 1 fully saturated rings. The van der Waals surface area contributed by atoms with Crippen LogP contribution in [0.15, 0.2) is 24.3 Å². The van der Waals surface area contributed by atoms with Crippen LogP contribution in [0.25, 0.3) is 11.0 Å². The number of hydrogen-bond acceptors (Lipinski definition) is 5. The molecule has 0 atom stereocenters. The number of aliphatic hydroxyl groups is 1. The number of aromatic nitrogens is 2. The molecule has 24 heavy (non-hydrogen) atoms. The highest BCUT2D eigenvalue weighted by atomic mass is 16.5. The van der Waals surface area contributed by atoms with E-state index in [1.54, 1.807) is 0 Å². The van der Waals surface area contributed by atoms with E-state index in [1.165, 1.54) is 5.52 Å². The standard InChI is InChI=1S/C18H28N4O2/c1-16-19-17-4-2-3-5-18(17)22(16)9-8-20(10-13-23)6-7-21-11-14-24-15-12-21/h2-5,23H,6-15H2,1H3. The molecule has 0 unspecified atom stereocenters. The van der Waals surface area contributed by atoms with Gasteiger partial charge in [0.1, 0.15) is 5.82 Å². The fourth-order valence-electron chi connectivity index (χ4n) is 3.30. The van der Waals surface area contributed by atoms with Crippen LogP contribution in [-0.4, -0.2) is 83.5 Å². The van der Waals surface area contributed by atoms with Crippen molar-refractivity contribution in [2.45, 2.75) is 13.5 Å². The van der Waals surface area contributed by atoms with E-state index in [4.69, 9.17) is 4.74 Å². The fraction of sp³-hybridized carbons (Fsp3) is 0.611. The smallest absolute Gasteiger partial charge is 0.106 e. The lowest BCUT2D eigenvalue weighted by Gasteiger charge is -2.30. The number of nitrogens with zero attached hydrogens (tertiary/aromatic N) is 4. The second-order valence-electron chi connectivity index (χ2n) is 6.32. The van der Waals surface area contributed by atoms with Crippen molar-refractivity contribution in [3.63, 3.8) is 0 Å².